The molecule has 1 aliphatic rings. The van der Waals surface area contributed by atoms with Crippen molar-refractivity contribution in [3.05, 3.63) is 35.4 Å². The first-order chi connectivity index (χ1) is 8.29. The van der Waals surface area contributed by atoms with Gasteiger partial charge in [-0.1, -0.05) is 18.9 Å². The van der Waals surface area contributed by atoms with Crippen molar-refractivity contribution in [1.82, 2.24) is 9.38 Å². The van der Waals surface area contributed by atoms with Crippen LogP contribution in [0.3, 0.4) is 0 Å². The summed E-state index contributed by atoms with van der Waals surface area (Å²) in [5.74, 6) is 1.88. The van der Waals surface area contributed by atoms with Crippen molar-refractivity contribution in [3.8, 4) is 0 Å². The molecule has 2 heterocycles. The highest BCUT2D eigenvalue weighted by molar-refractivity contribution is 5.53. The van der Waals surface area contributed by atoms with Crippen LogP contribution in [0, 0.1) is 6.92 Å². The molecule has 2 aromatic heterocycles. The summed E-state index contributed by atoms with van der Waals surface area (Å²) >= 11 is 0. The van der Waals surface area contributed by atoms with Crippen LogP contribution in [0.25, 0.3) is 5.52 Å². The Kier molecular flexibility index (Phi) is 2.63. The molecule has 1 aliphatic carbocycles. The van der Waals surface area contributed by atoms with Crippen LogP contribution in [-0.4, -0.2) is 9.38 Å². The third-order valence-electron chi connectivity index (χ3n) is 3.87. The Labute approximate surface area is 102 Å². The maximum Gasteiger partial charge on any atom is 0.116 e. The molecule has 3 nitrogen and oxygen atoms in total. The molecule has 1 fully saturated rings. The zero-order valence-corrected chi connectivity index (χ0v) is 10.3. The van der Waals surface area contributed by atoms with Gasteiger partial charge in [-0.05, 0) is 31.4 Å². The maximum atomic E-state index is 5.72. The fourth-order valence-corrected chi connectivity index (χ4v) is 2.90. The Hall–Kier alpha value is -1.35. The van der Waals surface area contributed by atoms with E-state index in [9.17, 15) is 0 Å². The zero-order chi connectivity index (χ0) is 11.8. The molecule has 0 saturated heterocycles. The lowest BCUT2D eigenvalue weighted by atomic mass is 10.1. The summed E-state index contributed by atoms with van der Waals surface area (Å²) < 4.78 is 2.26. The third-order valence-corrected chi connectivity index (χ3v) is 3.87. The number of imidazole rings is 1. The highest BCUT2D eigenvalue weighted by Gasteiger charge is 2.22. The number of nitrogens with zero attached hydrogens (tertiary/aromatic N) is 2. The van der Waals surface area contributed by atoms with E-state index in [1.165, 1.54) is 42.6 Å². The van der Waals surface area contributed by atoms with Crippen molar-refractivity contribution in [2.24, 2.45) is 5.73 Å². The molecule has 0 aliphatic heterocycles. The van der Waals surface area contributed by atoms with E-state index in [4.69, 9.17) is 10.7 Å². The van der Waals surface area contributed by atoms with Crippen LogP contribution >= 0.6 is 0 Å². The molecule has 2 aromatic rings. The standard InChI is InChI=1S/C14H19N3/c1-10-13-7-6-11(8-15)9-17(13)14(16-10)12-4-2-3-5-12/h6-7,9,12H,2-5,8,15H2,1H3. The molecule has 3 heteroatoms. The second-order valence-corrected chi connectivity index (χ2v) is 5.03. The molecular weight excluding hydrogens is 210 g/mol. The molecule has 0 bridgehead atoms. The first-order valence-electron chi connectivity index (χ1n) is 6.47. The van der Waals surface area contributed by atoms with E-state index in [0.717, 1.165) is 5.69 Å². The Bertz CT molecular complexity index is 536. The number of fused-ring (bicyclic) bond motifs is 1. The van der Waals surface area contributed by atoms with E-state index in [-0.39, 0.29) is 0 Å². The van der Waals surface area contributed by atoms with Crippen molar-refractivity contribution >= 4 is 5.52 Å². The van der Waals surface area contributed by atoms with Crippen LogP contribution < -0.4 is 5.73 Å². The first kappa shape index (κ1) is 10.8. The van der Waals surface area contributed by atoms with Crippen LogP contribution in [0.5, 0.6) is 0 Å². The van der Waals surface area contributed by atoms with Gasteiger partial charge in [0, 0.05) is 18.7 Å². The molecular formula is C14H19N3. The summed E-state index contributed by atoms with van der Waals surface area (Å²) in [4.78, 5) is 4.77. The molecule has 3 rings (SSSR count). The Morgan fingerprint density at radius 2 is 2.12 bits per heavy atom. The second-order valence-electron chi connectivity index (χ2n) is 5.03. The Morgan fingerprint density at radius 1 is 1.35 bits per heavy atom. The second kappa shape index (κ2) is 4.15. The normalized spacial score (nSPS) is 17.1. The number of nitrogens with two attached hydrogens (primary N) is 1. The first-order valence-corrected chi connectivity index (χ1v) is 6.47. The van der Waals surface area contributed by atoms with Crippen molar-refractivity contribution in [3.63, 3.8) is 0 Å². The lowest BCUT2D eigenvalue weighted by molar-refractivity contribution is 0.663. The summed E-state index contributed by atoms with van der Waals surface area (Å²) in [7, 11) is 0. The minimum Gasteiger partial charge on any atom is -0.326 e. The van der Waals surface area contributed by atoms with E-state index in [1.807, 2.05) is 0 Å². The van der Waals surface area contributed by atoms with E-state index >= 15 is 0 Å². The van der Waals surface area contributed by atoms with Gasteiger partial charge in [0.15, 0.2) is 0 Å². The SMILES string of the molecule is Cc1nc(C2CCCC2)n2cc(CN)ccc12. The summed E-state index contributed by atoms with van der Waals surface area (Å²) in [5.41, 5.74) is 9.25. The summed E-state index contributed by atoms with van der Waals surface area (Å²) in [6.07, 6.45) is 7.41. The highest BCUT2D eigenvalue weighted by Crippen LogP contribution is 2.34. The van der Waals surface area contributed by atoms with Gasteiger partial charge in [-0.2, -0.15) is 0 Å². The van der Waals surface area contributed by atoms with Crippen LogP contribution in [-0.2, 0) is 6.54 Å². The summed E-state index contributed by atoms with van der Waals surface area (Å²) in [5, 5.41) is 0. The maximum absolute atomic E-state index is 5.72. The van der Waals surface area contributed by atoms with E-state index in [1.54, 1.807) is 0 Å². The molecule has 17 heavy (non-hydrogen) atoms. The van der Waals surface area contributed by atoms with Gasteiger partial charge in [0.25, 0.3) is 0 Å². The lowest BCUT2D eigenvalue weighted by Gasteiger charge is -2.08. The number of pyridine rings is 1. The number of aryl methyl sites for hydroxylation is 1. The van der Waals surface area contributed by atoms with Crippen molar-refractivity contribution in [2.75, 3.05) is 0 Å². The molecule has 90 valence electrons. The van der Waals surface area contributed by atoms with Gasteiger partial charge in [-0.25, -0.2) is 4.98 Å². The third kappa shape index (κ3) is 1.75. The molecule has 0 spiro atoms. The quantitative estimate of drug-likeness (QED) is 0.860. The topological polar surface area (TPSA) is 43.3 Å². The number of aromatic nitrogens is 2. The molecule has 1 saturated carbocycles. The van der Waals surface area contributed by atoms with Crippen molar-refractivity contribution in [1.29, 1.82) is 0 Å². The van der Waals surface area contributed by atoms with Crippen molar-refractivity contribution in [2.45, 2.75) is 45.1 Å². The fraction of sp³-hybridized carbons (Fsp3) is 0.500. The van der Waals surface area contributed by atoms with E-state index < -0.39 is 0 Å². The van der Waals surface area contributed by atoms with Crippen molar-refractivity contribution < 1.29 is 0 Å². The zero-order valence-electron chi connectivity index (χ0n) is 10.3. The smallest absolute Gasteiger partial charge is 0.116 e. The van der Waals surface area contributed by atoms with Crippen LogP contribution in [0.4, 0.5) is 0 Å². The van der Waals surface area contributed by atoms with Gasteiger partial charge in [0.2, 0.25) is 0 Å². The predicted octanol–water partition coefficient (Wildman–Crippen LogP) is 2.76. The number of hydrogen-bond donors (Lipinski definition) is 1. The minimum atomic E-state index is 0.595. The van der Waals surface area contributed by atoms with Crippen LogP contribution in [0.1, 0.15) is 48.7 Å². The van der Waals surface area contributed by atoms with Gasteiger partial charge in [0.05, 0.1) is 11.2 Å². The van der Waals surface area contributed by atoms with E-state index in [0.29, 0.717) is 12.5 Å². The van der Waals surface area contributed by atoms with Gasteiger partial charge in [-0.3, -0.25) is 0 Å². The Balaban J connectivity index is 2.16. The molecule has 0 amide bonds. The average molecular weight is 229 g/mol. The molecule has 2 N–H and O–H groups in total. The number of rotatable bonds is 2. The monoisotopic (exact) mass is 229 g/mol. The fourth-order valence-electron chi connectivity index (χ4n) is 2.90. The summed E-state index contributed by atoms with van der Waals surface area (Å²) in [6.45, 7) is 2.69. The van der Waals surface area contributed by atoms with Crippen LogP contribution in [0.15, 0.2) is 18.3 Å². The molecule has 0 radical (unpaired) electrons. The van der Waals surface area contributed by atoms with Gasteiger partial charge in [-0.15, -0.1) is 0 Å². The van der Waals surface area contributed by atoms with Gasteiger partial charge < -0.3 is 10.1 Å². The van der Waals surface area contributed by atoms with Gasteiger partial charge >= 0.3 is 0 Å². The molecule has 0 unspecified atom stereocenters. The number of hydrogen-bond acceptors (Lipinski definition) is 2. The largest absolute Gasteiger partial charge is 0.326 e. The Morgan fingerprint density at radius 3 is 2.82 bits per heavy atom. The van der Waals surface area contributed by atoms with E-state index in [2.05, 4.69) is 29.7 Å². The molecule has 0 atom stereocenters. The predicted molar refractivity (Wildman–Crippen MR) is 69.0 cm³/mol. The molecule has 0 aromatic carbocycles. The average Bonchev–Trinajstić information content (AvgIpc) is 2.97. The van der Waals surface area contributed by atoms with Gasteiger partial charge in [0.1, 0.15) is 5.82 Å². The summed E-state index contributed by atoms with van der Waals surface area (Å²) in [6, 6.07) is 4.24. The van der Waals surface area contributed by atoms with Crippen LogP contribution in [0.2, 0.25) is 0 Å². The highest BCUT2D eigenvalue weighted by atomic mass is 15.0. The minimum absolute atomic E-state index is 0.595. The lowest BCUT2D eigenvalue weighted by Crippen LogP contribution is -2.03.